The molecule has 1 aliphatic heterocycles. The highest BCUT2D eigenvalue weighted by molar-refractivity contribution is 5.75. The van der Waals surface area contributed by atoms with Crippen LogP contribution in [0.5, 0.6) is 5.75 Å². The Morgan fingerprint density at radius 3 is 2.71 bits per heavy atom. The lowest BCUT2D eigenvalue weighted by molar-refractivity contribution is -0.131. The molecule has 1 aliphatic rings. The van der Waals surface area contributed by atoms with E-state index in [1.165, 1.54) is 11.9 Å². The average Bonchev–Trinajstić information content (AvgIpc) is 3.00. The third-order valence-corrected chi connectivity index (χ3v) is 4.27. The Morgan fingerprint density at radius 1 is 1.17 bits per heavy atom. The number of methoxy groups -OCH3 is 1. The van der Waals surface area contributed by atoms with E-state index in [1.54, 1.807) is 18.1 Å². The normalized spacial score (nSPS) is 16.0. The summed E-state index contributed by atoms with van der Waals surface area (Å²) in [6.45, 7) is 4.60. The lowest BCUT2D eigenvalue weighted by Crippen LogP contribution is -2.37. The van der Waals surface area contributed by atoms with Crippen LogP contribution in [0.4, 0.5) is 0 Å². The van der Waals surface area contributed by atoms with E-state index in [1.807, 2.05) is 17.0 Å². The van der Waals surface area contributed by atoms with Crippen LogP contribution in [0.1, 0.15) is 12.0 Å². The average molecular weight is 329 g/mol. The molecule has 3 rings (SSSR count). The maximum absolute atomic E-state index is 12.4. The molecule has 0 radical (unpaired) electrons. The second-order valence-corrected chi connectivity index (χ2v) is 5.95. The van der Waals surface area contributed by atoms with Gasteiger partial charge in [-0.25, -0.2) is 9.67 Å². The van der Waals surface area contributed by atoms with Crippen LogP contribution in [0.3, 0.4) is 0 Å². The van der Waals surface area contributed by atoms with Crippen LogP contribution >= 0.6 is 0 Å². The van der Waals surface area contributed by atoms with Crippen molar-refractivity contribution >= 4 is 5.91 Å². The van der Waals surface area contributed by atoms with Crippen molar-refractivity contribution in [2.24, 2.45) is 0 Å². The summed E-state index contributed by atoms with van der Waals surface area (Å²) in [6.07, 6.45) is 4.01. The van der Waals surface area contributed by atoms with E-state index in [0.29, 0.717) is 0 Å². The van der Waals surface area contributed by atoms with Crippen LogP contribution in [0, 0.1) is 0 Å². The molecule has 1 aromatic heterocycles. The van der Waals surface area contributed by atoms with Crippen molar-refractivity contribution in [2.45, 2.75) is 19.5 Å². The number of carbonyl (C=O) groups excluding carboxylic acids is 1. The number of carbonyl (C=O) groups is 1. The number of benzene rings is 1. The first-order valence-corrected chi connectivity index (χ1v) is 8.20. The minimum Gasteiger partial charge on any atom is -0.497 e. The Bertz CT molecular complexity index is 642. The quantitative estimate of drug-likeness (QED) is 0.819. The molecular formula is C17H23N5O2. The summed E-state index contributed by atoms with van der Waals surface area (Å²) in [6, 6.07) is 8.16. The van der Waals surface area contributed by atoms with Gasteiger partial charge in [-0.2, -0.15) is 5.10 Å². The summed E-state index contributed by atoms with van der Waals surface area (Å²) in [4.78, 5) is 20.6. The van der Waals surface area contributed by atoms with E-state index in [9.17, 15) is 4.79 Å². The Labute approximate surface area is 141 Å². The highest BCUT2D eigenvalue weighted by Crippen LogP contribution is 2.14. The zero-order valence-corrected chi connectivity index (χ0v) is 14.0. The largest absolute Gasteiger partial charge is 0.497 e. The molecule has 2 aromatic rings. The fourth-order valence-electron chi connectivity index (χ4n) is 2.92. The molecule has 1 amide bonds. The Balaban J connectivity index is 1.51. The van der Waals surface area contributed by atoms with Gasteiger partial charge >= 0.3 is 0 Å². The van der Waals surface area contributed by atoms with E-state index in [4.69, 9.17) is 4.74 Å². The number of ether oxygens (including phenoxy) is 1. The van der Waals surface area contributed by atoms with E-state index >= 15 is 0 Å². The zero-order chi connectivity index (χ0) is 16.8. The fraction of sp³-hybridized carbons (Fsp3) is 0.471. The van der Waals surface area contributed by atoms with Gasteiger partial charge in [0.1, 0.15) is 24.9 Å². The van der Waals surface area contributed by atoms with E-state index in [2.05, 4.69) is 27.1 Å². The van der Waals surface area contributed by atoms with Gasteiger partial charge in [-0.1, -0.05) is 12.1 Å². The Kier molecular flexibility index (Phi) is 5.43. The molecule has 1 aromatic carbocycles. The molecule has 1 fully saturated rings. The van der Waals surface area contributed by atoms with Crippen molar-refractivity contribution in [3.8, 4) is 5.75 Å². The highest BCUT2D eigenvalue weighted by Gasteiger charge is 2.19. The Morgan fingerprint density at radius 2 is 2.00 bits per heavy atom. The maximum Gasteiger partial charge on any atom is 0.244 e. The van der Waals surface area contributed by atoms with Gasteiger partial charge in [0.2, 0.25) is 5.91 Å². The molecule has 0 atom stereocenters. The van der Waals surface area contributed by atoms with Gasteiger partial charge in [-0.15, -0.1) is 0 Å². The Hall–Kier alpha value is -2.41. The first-order chi connectivity index (χ1) is 11.7. The van der Waals surface area contributed by atoms with Crippen molar-refractivity contribution in [3.05, 3.63) is 42.5 Å². The number of hydrogen-bond acceptors (Lipinski definition) is 5. The van der Waals surface area contributed by atoms with Gasteiger partial charge < -0.3 is 9.64 Å². The summed E-state index contributed by atoms with van der Waals surface area (Å²) < 4.78 is 6.77. The minimum atomic E-state index is 0.104. The van der Waals surface area contributed by atoms with E-state index in [-0.39, 0.29) is 12.5 Å². The second-order valence-electron chi connectivity index (χ2n) is 5.95. The molecule has 0 spiro atoms. The third kappa shape index (κ3) is 4.32. The van der Waals surface area contributed by atoms with Crippen molar-refractivity contribution < 1.29 is 9.53 Å². The van der Waals surface area contributed by atoms with Crippen molar-refractivity contribution in [1.82, 2.24) is 24.6 Å². The van der Waals surface area contributed by atoms with Crippen LogP contribution < -0.4 is 4.74 Å². The molecular weight excluding hydrogens is 306 g/mol. The maximum atomic E-state index is 12.4. The summed E-state index contributed by atoms with van der Waals surface area (Å²) in [5.74, 6) is 0.978. The third-order valence-electron chi connectivity index (χ3n) is 4.27. The topological polar surface area (TPSA) is 63.5 Å². The molecule has 7 nitrogen and oxygen atoms in total. The summed E-state index contributed by atoms with van der Waals surface area (Å²) in [7, 11) is 1.68. The monoisotopic (exact) mass is 329 g/mol. The van der Waals surface area contributed by atoms with Gasteiger partial charge in [0.25, 0.3) is 0 Å². The molecule has 0 aliphatic carbocycles. The summed E-state index contributed by atoms with van der Waals surface area (Å²) in [5, 5.41) is 4.00. The van der Waals surface area contributed by atoms with Gasteiger partial charge in [0.05, 0.1) is 7.11 Å². The van der Waals surface area contributed by atoms with Crippen LogP contribution in [-0.4, -0.2) is 63.8 Å². The molecule has 7 heteroatoms. The van der Waals surface area contributed by atoms with Crippen LogP contribution in [0.25, 0.3) is 0 Å². The zero-order valence-electron chi connectivity index (χ0n) is 14.0. The molecule has 0 N–H and O–H groups in total. The standard InChI is InChI=1S/C17H23N5O2/c1-24-16-5-3-15(4-6-16)11-20-7-2-8-21(10-9-20)17(23)12-22-14-18-13-19-22/h3-6,13-14H,2,7-12H2,1H3. The molecule has 0 bridgehead atoms. The van der Waals surface area contributed by atoms with Crippen molar-refractivity contribution in [1.29, 1.82) is 0 Å². The smallest absolute Gasteiger partial charge is 0.244 e. The first-order valence-electron chi connectivity index (χ1n) is 8.20. The predicted octanol–water partition coefficient (Wildman–Crippen LogP) is 1.02. The number of hydrogen-bond donors (Lipinski definition) is 0. The fourth-order valence-corrected chi connectivity index (χ4v) is 2.92. The number of amides is 1. The minimum absolute atomic E-state index is 0.104. The van der Waals surface area contributed by atoms with Gasteiger partial charge in [0.15, 0.2) is 0 Å². The van der Waals surface area contributed by atoms with Crippen LogP contribution in [0.2, 0.25) is 0 Å². The predicted molar refractivity (Wildman–Crippen MR) is 89.5 cm³/mol. The lowest BCUT2D eigenvalue weighted by atomic mass is 10.2. The molecule has 24 heavy (non-hydrogen) atoms. The van der Waals surface area contributed by atoms with E-state index < -0.39 is 0 Å². The second kappa shape index (κ2) is 7.92. The SMILES string of the molecule is COc1ccc(CN2CCCN(C(=O)Cn3cncn3)CC2)cc1. The molecule has 0 unspecified atom stereocenters. The molecule has 0 saturated carbocycles. The number of aromatic nitrogens is 3. The van der Waals surface area contributed by atoms with Crippen molar-refractivity contribution in [2.75, 3.05) is 33.3 Å². The van der Waals surface area contributed by atoms with Crippen LogP contribution in [-0.2, 0) is 17.9 Å². The highest BCUT2D eigenvalue weighted by atomic mass is 16.5. The van der Waals surface area contributed by atoms with Gasteiger partial charge in [0, 0.05) is 32.7 Å². The lowest BCUT2D eigenvalue weighted by Gasteiger charge is -2.22. The van der Waals surface area contributed by atoms with Gasteiger partial charge in [-0.3, -0.25) is 9.69 Å². The van der Waals surface area contributed by atoms with Gasteiger partial charge in [-0.05, 0) is 24.1 Å². The first kappa shape index (κ1) is 16.4. The number of nitrogens with zero attached hydrogens (tertiary/aromatic N) is 5. The van der Waals surface area contributed by atoms with Crippen LogP contribution in [0.15, 0.2) is 36.9 Å². The molecule has 2 heterocycles. The number of rotatable bonds is 5. The summed E-state index contributed by atoms with van der Waals surface area (Å²) in [5.41, 5.74) is 1.26. The molecule has 1 saturated heterocycles. The molecule has 128 valence electrons. The summed E-state index contributed by atoms with van der Waals surface area (Å²) >= 11 is 0. The van der Waals surface area contributed by atoms with E-state index in [0.717, 1.165) is 44.9 Å². The van der Waals surface area contributed by atoms with Crippen molar-refractivity contribution in [3.63, 3.8) is 0 Å².